The Hall–Kier alpha value is -3.58. The van der Waals surface area contributed by atoms with Gasteiger partial charge < -0.3 is 10.2 Å². The third kappa shape index (κ3) is 5.62. The van der Waals surface area contributed by atoms with E-state index in [0.29, 0.717) is 11.4 Å². The first-order valence-corrected chi connectivity index (χ1v) is 12.3. The van der Waals surface area contributed by atoms with Crippen LogP contribution in [0.15, 0.2) is 96.4 Å². The number of carbonyl (C=O) groups is 1. The molecule has 0 unspecified atom stereocenters. The fourth-order valence-corrected chi connectivity index (χ4v) is 5.01. The topological polar surface area (TPSA) is 69.7 Å². The number of nitrogens with zero attached hydrogens (tertiary/aromatic N) is 2. The highest BCUT2D eigenvalue weighted by atomic mass is 32.2. The molecule has 7 heteroatoms. The van der Waals surface area contributed by atoms with Gasteiger partial charge in [0.1, 0.15) is 0 Å². The summed E-state index contributed by atoms with van der Waals surface area (Å²) in [5.74, 6) is -0.377. The van der Waals surface area contributed by atoms with E-state index < -0.39 is 10.0 Å². The van der Waals surface area contributed by atoms with Crippen molar-refractivity contribution in [1.82, 2.24) is 0 Å². The van der Waals surface area contributed by atoms with Crippen LogP contribution >= 0.6 is 0 Å². The van der Waals surface area contributed by atoms with E-state index in [2.05, 4.69) is 30.6 Å². The van der Waals surface area contributed by atoms with Crippen molar-refractivity contribution >= 4 is 33.0 Å². The summed E-state index contributed by atoms with van der Waals surface area (Å²) in [7, 11) is -3.89. The molecule has 33 heavy (non-hydrogen) atoms. The largest absolute Gasteiger partial charge is 0.372 e. The Morgan fingerprint density at radius 1 is 0.909 bits per heavy atom. The van der Waals surface area contributed by atoms with Crippen LogP contribution in [0.4, 0.5) is 17.1 Å². The minimum atomic E-state index is -3.89. The zero-order valence-electron chi connectivity index (χ0n) is 18.9. The van der Waals surface area contributed by atoms with Crippen LogP contribution in [0.3, 0.4) is 0 Å². The second-order valence-corrected chi connectivity index (χ2v) is 9.22. The fourth-order valence-electron chi connectivity index (χ4n) is 3.53. The van der Waals surface area contributed by atoms with Crippen molar-refractivity contribution in [1.29, 1.82) is 0 Å². The summed E-state index contributed by atoms with van der Waals surface area (Å²) >= 11 is 0. The molecule has 172 valence electrons. The Kier molecular flexibility index (Phi) is 7.90. The summed E-state index contributed by atoms with van der Waals surface area (Å²) in [5, 5.41) is 2.84. The molecule has 0 aromatic heterocycles. The molecule has 6 nitrogen and oxygen atoms in total. The second kappa shape index (κ2) is 10.8. The van der Waals surface area contributed by atoms with E-state index in [4.69, 9.17) is 0 Å². The average molecular weight is 464 g/mol. The van der Waals surface area contributed by atoms with Gasteiger partial charge in [-0.15, -0.1) is 6.58 Å². The highest BCUT2D eigenvalue weighted by Crippen LogP contribution is 2.25. The predicted octanol–water partition coefficient (Wildman–Crippen LogP) is 5.17. The number of para-hydroxylation sites is 1. The summed E-state index contributed by atoms with van der Waals surface area (Å²) in [6.07, 6.45) is 1.53. The maximum atomic E-state index is 13.4. The highest BCUT2D eigenvalue weighted by molar-refractivity contribution is 7.92. The van der Waals surface area contributed by atoms with Crippen LogP contribution in [0.2, 0.25) is 0 Å². The lowest BCUT2D eigenvalue weighted by Crippen LogP contribution is -2.31. The molecule has 3 rings (SSSR count). The first-order chi connectivity index (χ1) is 15.9. The van der Waals surface area contributed by atoms with Crippen LogP contribution in [0.25, 0.3) is 0 Å². The molecule has 0 aliphatic carbocycles. The van der Waals surface area contributed by atoms with Crippen molar-refractivity contribution in [2.75, 3.05) is 34.2 Å². The van der Waals surface area contributed by atoms with Crippen LogP contribution in [0, 0.1) is 0 Å². The lowest BCUT2D eigenvalue weighted by atomic mass is 10.2. The van der Waals surface area contributed by atoms with Crippen molar-refractivity contribution in [2.45, 2.75) is 18.7 Å². The van der Waals surface area contributed by atoms with Crippen LogP contribution in [0.1, 0.15) is 24.2 Å². The number of carbonyl (C=O) groups excluding carboxylic acids is 1. The van der Waals surface area contributed by atoms with Gasteiger partial charge >= 0.3 is 0 Å². The van der Waals surface area contributed by atoms with E-state index in [0.717, 1.165) is 18.8 Å². The van der Waals surface area contributed by atoms with Gasteiger partial charge in [0.2, 0.25) is 0 Å². The molecule has 0 radical (unpaired) electrons. The van der Waals surface area contributed by atoms with Gasteiger partial charge in [0.05, 0.1) is 17.1 Å². The number of benzene rings is 3. The number of anilines is 3. The number of amides is 1. The van der Waals surface area contributed by atoms with Crippen LogP contribution in [-0.2, 0) is 10.0 Å². The molecule has 0 bridgehead atoms. The van der Waals surface area contributed by atoms with Crippen LogP contribution < -0.4 is 14.5 Å². The normalized spacial score (nSPS) is 11.0. The molecule has 0 atom stereocenters. The van der Waals surface area contributed by atoms with Gasteiger partial charge in [-0.05, 0) is 68.4 Å². The van der Waals surface area contributed by atoms with E-state index in [1.807, 2.05) is 30.3 Å². The molecule has 0 spiro atoms. The van der Waals surface area contributed by atoms with Crippen molar-refractivity contribution in [3.63, 3.8) is 0 Å². The van der Waals surface area contributed by atoms with E-state index in [1.54, 1.807) is 36.4 Å². The van der Waals surface area contributed by atoms with Gasteiger partial charge in [0, 0.05) is 30.0 Å². The third-order valence-electron chi connectivity index (χ3n) is 5.28. The summed E-state index contributed by atoms with van der Waals surface area (Å²) in [4.78, 5) is 15.1. The molecule has 0 saturated heterocycles. The Morgan fingerprint density at radius 2 is 1.58 bits per heavy atom. The van der Waals surface area contributed by atoms with Crippen LogP contribution in [0.5, 0.6) is 0 Å². The fraction of sp³-hybridized carbons (Fsp3) is 0.192. The van der Waals surface area contributed by atoms with Gasteiger partial charge in [0.25, 0.3) is 15.9 Å². The van der Waals surface area contributed by atoms with Crippen molar-refractivity contribution < 1.29 is 13.2 Å². The number of nitrogens with one attached hydrogen (secondary N) is 1. The summed E-state index contributed by atoms with van der Waals surface area (Å²) < 4.78 is 28.0. The summed E-state index contributed by atoms with van der Waals surface area (Å²) in [5.41, 5.74) is 2.51. The quantitative estimate of drug-likeness (QED) is 0.421. The van der Waals surface area contributed by atoms with Crippen molar-refractivity contribution in [3.05, 3.63) is 97.1 Å². The highest BCUT2D eigenvalue weighted by Gasteiger charge is 2.25. The molecular weight excluding hydrogens is 434 g/mol. The van der Waals surface area contributed by atoms with Crippen LogP contribution in [-0.4, -0.2) is 34.0 Å². The third-order valence-corrected chi connectivity index (χ3v) is 7.07. The predicted molar refractivity (Wildman–Crippen MR) is 136 cm³/mol. The minimum absolute atomic E-state index is 0.0396. The maximum absolute atomic E-state index is 13.4. The second-order valence-electron chi connectivity index (χ2n) is 7.36. The first-order valence-electron chi connectivity index (χ1n) is 10.9. The molecule has 3 aromatic rings. The van der Waals surface area contributed by atoms with Gasteiger partial charge in [-0.25, -0.2) is 8.42 Å². The molecular formula is C26H29N3O3S. The maximum Gasteiger partial charge on any atom is 0.264 e. The minimum Gasteiger partial charge on any atom is -0.372 e. The van der Waals surface area contributed by atoms with Gasteiger partial charge in [0.15, 0.2) is 0 Å². The molecule has 0 fully saturated rings. The number of hydrogen-bond donors (Lipinski definition) is 1. The summed E-state index contributed by atoms with van der Waals surface area (Å²) in [6.45, 7) is 9.77. The molecule has 0 saturated carbocycles. The molecule has 1 N–H and O–H groups in total. The Morgan fingerprint density at radius 3 is 2.18 bits per heavy atom. The lowest BCUT2D eigenvalue weighted by molar-refractivity contribution is 0.102. The Balaban J connectivity index is 1.83. The molecule has 0 aliphatic rings. The number of hydrogen-bond acceptors (Lipinski definition) is 4. The zero-order valence-corrected chi connectivity index (χ0v) is 19.8. The Bertz CT molecular complexity index is 1190. The first kappa shape index (κ1) is 24.1. The zero-order chi connectivity index (χ0) is 23.8. The van der Waals surface area contributed by atoms with Gasteiger partial charge in [-0.2, -0.15) is 0 Å². The molecule has 0 heterocycles. The molecule has 1 amide bonds. The van der Waals surface area contributed by atoms with E-state index in [9.17, 15) is 13.2 Å². The van der Waals surface area contributed by atoms with Gasteiger partial charge in [-0.3, -0.25) is 9.10 Å². The standard InChI is InChI=1S/C26H29N3O3S/c1-4-19-29(24-12-8-7-9-13-24)33(31,32)25-14-10-11-21(20-25)26(30)27-22-15-17-23(18-16-22)28(5-2)6-3/h4,7-18,20H,1,5-6,19H2,2-3H3,(H,27,30). The van der Waals surface area contributed by atoms with Crippen molar-refractivity contribution in [2.24, 2.45) is 0 Å². The monoisotopic (exact) mass is 463 g/mol. The Labute approximate surface area is 196 Å². The average Bonchev–Trinajstić information content (AvgIpc) is 2.85. The number of sulfonamides is 1. The molecule has 3 aromatic carbocycles. The van der Waals surface area contributed by atoms with E-state index in [-0.39, 0.29) is 22.9 Å². The SMILES string of the molecule is C=CCN(c1ccccc1)S(=O)(=O)c1cccc(C(=O)Nc2ccc(N(CC)CC)cc2)c1. The summed E-state index contributed by atoms with van der Waals surface area (Å²) in [6, 6.07) is 22.5. The van der Waals surface area contributed by atoms with Crippen molar-refractivity contribution in [3.8, 4) is 0 Å². The lowest BCUT2D eigenvalue weighted by Gasteiger charge is -2.23. The van der Waals surface area contributed by atoms with E-state index >= 15 is 0 Å². The van der Waals surface area contributed by atoms with E-state index in [1.165, 1.54) is 22.5 Å². The number of rotatable bonds is 10. The smallest absolute Gasteiger partial charge is 0.264 e. The molecule has 0 aliphatic heterocycles. The van der Waals surface area contributed by atoms with Gasteiger partial charge in [-0.1, -0.05) is 30.3 Å².